The van der Waals surface area contributed by atoms with Crippen LogP contribution in [0.2, 0.25) is 0 Å². The normalized spacial score (nSPS) is 32.1. The van der Waals surface area contributed by atoms with Crippen LogP contribution in [0.3, 0.4) is 0 Å². The predicted molar refractivity (Wildman–Crippen MR) is 67.4 cm³/mol. The van der Waals surface area contributed by atoms with Crippen LogP contribution in [0, 0.1) is 10.8 Å². The van der Waals surface area contributed by atoms with Crippen LogP contribution in [0.1, 0.15) is 58.8 Å². The fraction of sp³-hybridized carbons (Fsp3) is 1.00. The summed E-state index contributed by atoms with van der Waals surface area (Å²) >= 11 is 0. The number of rotatable bonds is 4. The Kier molecular flexibility index (Phi) is 3.60. The van der Waals surface area contributed by atoms with Gasteiger partial charge in [-0.25, -0.2) is 0 Å². The molecule has 0 radical (unpaired) electrons. The van der Waals surface area contributed by atoms with Crippen molar-refractivity contribution < 1.29 is 5.11 Å². The molecule has 0 saturated heterocycles. The number of nitrogens with one attached hydrogen (secondary N) is 1. The molecule has 2 fully saturated rings. The molecule has 0 heterocycles. The van der Waals surface area contributed by atoms with Gasteiger partial charge in [-0.15, -0.1) is 0 Å². The molecule has 2 heteroatoms. The van der Waals surface area contributed by atoms with Crippen LogP contribution in [-0.4, -0.2) is 24.3 Å². The molecule has 2 nitrogen and oxygen atoms in total. The van der Waals surface area contributed by atoms with Crippen molar-refractivity contribution in [1.29, 1.82) is 0 Å². The molecule has 2 N–H and O–H groups in total. The second-order valence-corrected chi connectivity index (χ2v) is 6.83. The van der Waals surface area contributed by atoms with Gasteiger partial charge >= 0.3 is 0 Å². The van der Waals surface area contributed by atoms with Crippen LogP contribution < -0.4 is 5.32 Å². The molecule has 2 saturated carbocycles. The number of hydrogen-bond acceptors (Lipinski definition) is 2. The largest absolute Gasteiger partial charge is 0.396 e. The van der Waals surface area contributed by atoms with Crippen molar-refractivity contribution in [3.05, 3.63) is 0 Å². The van der Waals surface area contributed by atoms with E-state index in [1.807, 2.05) is 0 Å². The van der Waals surface area contributed by atoms with Crippen LogP contribution in [-0.2, 0) is 0 Å². The van der Waals surface area contributed by atoms with Crippen LogP contribution >= 0.6 is 0 Å². The van der Waals surface area contributed by atoms with Gasteiger partial charge in [0.25, 0.3) is 0 Å². The van der Waals surface area contributed by atoms with Crippen molar-refractivity contribution in [3.63, 3.8) is 0 Å². The maximum atomic E-state index is 9.28. The van der Waals surface area contributed by atoms with E-state index in [1.165, 1.54) is 44.9 Å². The minimum Gasteiger partial charge on any atom is -0.396 e. The van der Waals surface area contributed by atoms with Gasteiger partial charge in [0.1, 0.15) is 0 Å². The lowest BCUT2D eigenvalue weighted by molar-refractivity contribution is 0.202. The highest BCUT2D eigenvalue weighted by molar-refractivity contribution is 4.95. The average Bonchev–Trinajstić information content (AvgIpc) is 3.02. The monoisotopic (exact) mass is 225 g/mol. The second-order valence-electron chi connectivity index (χ2n) is 6.83. The Morgan fingerprint density at radius 2 is 1.88 bits per heavy atom. The van der Waals surface area contributed by atoms with Crippen molar-refractivity contribution >= 4 is 0 Å². The third-order valence-corrected chi connectivity index (χ3v) is 4.63. The molecule has 0 spiro atoms. The van der Waals surface area contributed by atoms with Crippen molar-refractivity contribution in [1.82, 2.24) is 5.32 Å². The number of hydrogen-bond donors (Lipinski definition) is 2. The zero-order valence-electron chi connectivity index (χ0n) is 10.9. The Bertz CT molecular complexity index is 233. The van der Waals surface area contributed by atoms with E-state index in [9.17, 15) is 5.11 Å². The van der Waals surface area contributed by atoms with Gasteiger partial charge in [0, 0.05) is 24.6 Å². The summed E-state index contributed by atoms with van der Waals surface area (Å²) in [6.45, 7) is 6.20. The molecule has 16 heavy (non-hydrogen) atoms. The lowest BCUT2D eigenvalue weighted by Crippen LogP contribution is -2.35. The topological polar surface area (TPSA) is 32.3 Å². The fourth-order valence-electron chi connectivity index (χ4n) is 2.79. The molecule has 94 valence electrons. The van der Waals surface area contributed by atoms with E-state index in [1.54, 1.807) is 0 Å². The zero-order valence-corrected chi connectivity index (χ0v) is 10.9. The SMILES string of the molecule is CC1(C)CCCC(NCC2(CO)CC2)CC1. The predicted octanol–water partition coefficient (Wildman–Crippen LogP) is 2.71. The van der Waals surface area contributed by atoms with Gasteiger partial charge in [0.15, 0.2) is 0 Å². The molecule has 0 amide bonds. The van der Waals surface area contributed by atoms with Gasteiger partial charge in [-0.3, -0.25) is 0 Å². The summed E-state index contributed by atoms with van der Waals surface area (Å²) in [4.78, 5) is 0. The van der Waals surface area contributed by atoms with Crippen molar-refractivity contribution in [2.45, 2.75) is 64.8 Å². The maximum Gasteiger partial charge on any atom is 0.0499 e. The molecule has 2 aliphatic rings. The number of aliphatic hydroxyl groups excluding tert-OH is 1. The standard InChI is InChI=1S/C14H27NO/c1-13(2)6-3-4-12(5-7-13)15-10-14(11-16)8-9-14/h12,15-16H,3-11H2,1-2H3. The van der Waals surface area contributed by atoms with Crippen molar-refractivity contribution in [2.24, 2.45) is 10.8 Å². The lowest BCUT2D eigenvalue weighted by Gasteiger charge is -2.23. The Morgan fingerprint density at radius 3 is 2.50 bits per heavy atom. The van der Waals surface area contributed by atoms with E-state index in [4.69, 9.17) is 0 Å². The first kappa shape index (κ1) is 12.4. The quantitative estimate of drug-likeness (QED) is 0.721. The van der Waals surface area contributed by atoms with Crippen LogP contribution in [0.15, 0.2) is 0 Å². The van der Waals surface area contributed by atoms with Crippen molar-refractivity contribution in [2.75, 3.05) is 13.2 Å². The van der Waals surface area contributed by atoms with Crippen molar-refractivity contribution in [3.8, 4) is 0 Å². The summed E-state index contributed by atoms with van der Waals surface area (Å²) in [6.07, 6.45) is 9.15. The Balaban J connectivity index is 1.74. The van der Waals surface area contributed by atoms with Crippen LogP contribution in [0.25, 0.3) is 0 Å². The fourth-order valence-corrected chi connectivity index (χ4v) is 2.79. The average molecular weight is 225 g/mol. The second kappa shape index (κ2) is 4.66. The van der Waals surface area contributed by atoms with Crippen LogP contribution in [0.5, 0.6) is 0 Å². The zero-order chi connectivity index (χ0) is 11.6. The molecule has 0 aromatic carbocycles. The Hall–Kier alpha value is -0.0800. The third-order valence-electron chi connectivity index (χ3n) is 4.63. The maximum absolute atomic E-state index is 9.28. The molecule has 1 atom stereocenters. The van der Waals surface area contributed by atoms with Gasteiger partial charge in [0.05, 0.1) is 0 Å². The molecule has 1 unspecified atom stereocenters. The van der Waals surface area contributed by atoms with E-state index < -0.39 is 0 Å². The van der Waals surface area contributed by atoms with Gasteiger partial charge in [-0.05, 0) is 43.9 Å². The first-order valence-corrected chi connectivity index (χ1v) is 6.90. The molecule has 0 aromatic rings. The van der Waals surface area contributed by atoms with Crippen LogP contribution in [0.4, 0.5) is 0 Å². The van der Waals surface area contributed by atoms with E-state index in [0.29, 0.717) is 18.1 Å². The first-order chi connectivity index (χ1) is 7.55. The molecule has 0 aromatic heterocycles. The molecular formula is C14H27NO. The molecule has 0 aliphatic heterocycles. The Morgan fingerprint density at radius 1 is 1.12 bits per heavy atom. The van der Waals surface area contributed by atoms with E-state index in [2.05, 4.69) is 19.2 Å². The van der Waals surface area contributed by atoms with Gasteiger partial charge < -0.3 is 10.4 Å². The third kappa shape index (κ3) is 3.21. The van der Waals surface area contributed by atoms with Gasteiger partial charge in [-0.1, -0.05) is 20.3 Å². The summed E-state index contributed by atoms with van der Waals surface area (Å²) in [7, 11) is 0. The molecule has 0 bridgehead atoms. The summed E-state index contributed by atoms with van der Waals surface area (Å²) in [5.41, 5.74) is 0.812. The van der Waals surface area contributed by atoms with Gasteiger partial charge in [0.2, 0.25) is 0 Å². The highest BCUT2D eigenvalue weighted by atomic mass is 16.3. The summed E-state index contributed by atoms with van der Waals surface area (Å²) < 4.78 is 0. The van der Waals surface area contributed by atoms with E-state index in [-0.39, 0.29) is 5.41 Å². The summed E-state index contributed by atoms with van der Waals surface area (Å²) in [5.74, 6) is 0. The minimum atomic E-state index is 0.266. The molecule has 2 rings (SSSR count). The number of aliphatic hydroxyl groups is 1. The summed E-state index contributed by atoms with van der Waals surface area (Å²) in [5, 5.41) is 13.0. The smallest absolute Gasteiger partial charge is 0.0499 e. The van der Waals surface area contributed by atoms with Gasteiger partial charge in [-0.2, -0.15) is 0 Å². The Labute approximate surface area is 99.8 Å². The lowest BCUT2D eigenvalue weighted by atomic mass is 9.85. The van der Waals surface area contributed by atoms with E-state index in [0.717, 1.165) is 6.54 Å². The molecular weight excluding hydrogens is 198 g/mol. The highest BCUT2D eigenvalue weighted by Gasteiger charge is 2.42. The first-order valence-electron chi connectivity index (χ1n) is 6.90. The highest BCUT2D eigenvalue weighted by Crippen LogP contribution is 2.44. The minimum absolute atomic E-state index is 0.266. The molecule has 2 aliphatic carbocycles. The van der Waals surface area contributed by atoms with E-state index >= 15 is 0 Å². The summed E-state index contributed by atoms with van der Waals surface area (Å²) in [6, 6.07) is 0.700.